The van der Waals surface area contributed by atoms with E-state index >= 15 is 0 Å². The lowest BCUT2D eigenvalue weighted by Gasteiger charge is -2.22. The number of thiazole rings is 1. The Morgan fingerprint density at radius 2 is 2.16 bits per heavy atom. The second-order valence-electron chi connectivity index (χ2n) is 4.74. The third-order valence-electron chi connectivity index (χ3n) is 1.93. The number of carbonyl (C=O) groups is 2. The number of ether oxygens (including phenoxy) is 2. The van der Waals surface area contributed by atoms with Crippen molar-refractivity contribution >= 4 is 23.4 Å². The molecule has 1 amide bonds. The number of amides is 1. The van der Waals surface area contributed by atoms with E-state index in [0.29, 0.717) is 5.69 Å². The number of nitrogens with one attached hydrogen (secondary N) is 1. The Balaban J connectivity index is 2.76. The molecule has 19 heavy (non-hydrogen) atoms. The van der Waals surface area contributed by atoms with Crippen molar-refractivity contribution in [1.82, 2.24) is 10.3 Å². The van der Waals surface area contributed by atoms with Gasteiger partial charge in [-0.05, 0) is 27.7 Å². The van der Waals surface area contributed by atoms with Crippen LogP contribution in [0, 0.1) is 0 Å². The molecule has 0 saturated carbocycles. The Bertz CT molecular complexity index is 425. The van der Waals surface area contributed by atoms with Crippen LogP contribution in [0.2, 0.25) is 0 Å². The number of hydrogen-bond donors (Lipinski definition) is 1. The van der Waals surface area contributed by atoms with Crippen molar-refractivity contribution in [1.29, 1.82) is 0 Å². The molecule has 1 aromatic heterocycles. The molecule has 7 heteroatoms. The summed E-state index contributed by atoms with van der Waals surface area (Å²) in [5.41, 5.74) is 1.39. The summed E-state index contributed by atoms with van der Waals surface area (Å²) in [6, 6.07) is -0.943. The summed E-state index contributed by atoms with van der Waals surface area (Å²) in [5, 5.41) is 4.15. The molecule has 1 aromatic rings. The summed E-state index contributed by atoms with van der Waals surface area (Å²) in [4.78, 5) is 27.5. The van der Waals surface area contributed by atoms with Gasteiger partial charge in [0.25, 0.3) is 0 Å². The van der Waals surface area contributed by atoms with E-state index in [1.807, 2.05) is 0 Å². The monoisotopic (exact) mass is 286 g/mol. The van der Waals surface area contributed by atoms with Gasteiger partial charge < -0.3 is 14.8 Å². The van der Waals surface area contributed by atoms with Crippen molar-refractivity contribution in [2.24, 2.45) is 0 Å². The third kappa shape index (κ3) is 5.25. The van der Waals surface area contributed by atoms with Crippen LogP contribution in [0.3, 0.4) is 0 Å². The van der Waals surface area contributed by atoms with Gasteiger partial charge >= 0.3 is 12.1 Å². The highest BCUT2D eigenvalue weighted by atomic mass is 32.1. The van der Waals surface area contributed by atoms with Crippen LogP contribution in [-0.2, 0) is 14.3 Å². The van der Waals surface area contributed by atoms with Gasteiger partial charge in [0, 0.05) is 5.38 Å². The van der Waals surface area contributed by atoms with Crippen LogP contribution in [0.25, 0.3) is 0 Å². The molecule has 0 aliphatic carbocycles. The molecule has 1 heterocycles. The number of rotatable bonds is 4. The van der Waals surface area contributed by atoms with E-state index in [-0.39, 0.29) is 6.61 Å². The first-order valence-electron chi connectivity index (χ1n) is 5.87. The Kier molecular flexibility index (Phi) is 5.29. The van der Waals surface area contributed by atoms with Crippen LogP contribution in [0.15, 0.2) is 10.9 Å². The average Bonchev–Trinajstić information content (AvgIpc) is 2.76. The summed E-state index contributed by atoms with van der Waals surface area (Å²) in [6.45, 7) is 7.16. The lowest BCUT2D eigenvalue weighted by molar-refractivity contribution is -0.145. The zero-order chi connectivity index (χ0) is 14.5. The van der Waals surface area contributed by atoms with E-state index < -0.39 is 23.7 Å². The normalized spacial score (nSPS) is 12.6. The van der Waals surface area contributed by atoms with E-state index in [4.69, 9.17) is 9.47 Å². The molecule has 1 atom stereocenters. The van der Waals surface area contributed by atoms with Crippen LogP contribution < -0.4 is 5.32 Å². The fraction of sp³-hybridized carbons (Fsp3) is 0.583. The lowest BCUT2D eigenvalue weighted by Crippen LogP contribution is -2.38. The predicted molar refractivity (Wildman–Crippen MR) is 70.9 cm³/mol. The maximum Gasteiger partial charge on any atom is 0.408 e. The summed E-state index contributed by atoms with van der Waals surface area (Å²) < 4.78 is 10.0. The van der Waals surface area contributed by atoms with Crippen LogP contribution in [0.4, 0.5) is 4.79 Å². The van der Waals surface area contributed by atoms with Crippen molar-refractivity contribution in [2.45, 2.75) is 39.3 Å². The summed E-state index contributed by atoms with van der Waals surface area (Å²) in [5.74, 6) is -0.556. The Morgan fingerprint density at radius 3 is 2.63 bits per heavy atom. The summed E-state index contributed by atoms with van der Waals surface area (Å²) >= 11 is 1.33. The van der Waals surface area contributed by atoms with Crippen molar-refractivity contribution in [3.05, 3.63) is 16.6 Å². The van der Waals surface area contributed by atoms with Gasteiger partial charge in [-0.25, -0.2) is 14.6 Å². The maximum atomic E-state index is 11.8. The van der Waals surface area contributed by atoms with Gasteiger partial charge in [-0.15, -0.1) is 11.3 Å². The number of hydrogen-bond acceptors (Lipinski definition) is 6. The molecule has 0 radical (unpaired) electrons. The fourth-order valence-corrected chi connectivity index (χ4v) is 1.85. The molecule has 0 spiro atoms. The van der Waals surface area contributed by atoms with Gasteiger partial charge in [-0.3, -0.25) is 0 Å². The van der Waals surface area contributed by atoms with Crippen LogP contribution in [0.5, 0.6) is 0 Å². The molecule has 0 aliphatic heterocycles. The molecule has 0 saturated heterocycles. The van der Waals surface area contributed by atoms with E-state index in [9.17, 15) is 9.59 Å². The second kappa shape index (κ2) is 6.51. The highest BCUT2D eigenvalue weighted by Crippen LogP contribution is 2.16. The number of carbonyl (C=O) groups excluding carboxylic acids is 2. The van der Waals surface area contributed by atoms with Gasteiger partial charge in [0.15, 0.2) is 6.04 Å². The average molecular weight is 286 g/mol. The minimum Gasteiger partial charge on any atom is -0.464 e. The van der Waals surface area contributed by atoms with Crippen molar-refractivity contribution < 1.29 is 19.1 Å². The van der Waals surface area contributed by atoms with Crippen molar-refractivity contribution in [2.75, 3.05) is 6.61 Å². The van der Waals surface area contributed by atoms with Gasteiger partial charge in [0.05, 0.1) is 17.8 Å². The molecule has 106 valence electrons. The van der Waals surface area contributed by atoms with E-state index in [1.54, 1.807) is 38.6 Å². The molecule has 0 fully saturated rings. The van der Waals surface area contributed by atoms with Crippen molar-refractivity contribution in [3.8, 4) is 0 Å². The first-order valence-corrected chi connectivity index (χ1v) is 6.82. The SMILES string of the molecule is CCOC(=O)C(NC(=O)OC(C)(C)C)c1cscn1. The first kappa shape index (κ1) is 15.4. The second-order valence-corrected chi connectivity index (χ2v) is 5.46. The van der Waals surface area contributed by atoms with Gasteiger partial charge in [-0.2, -0.15) is 0 Å². The molecule has 6 nitrogen and oxygen atoms in total. The minimum absolute atomic E-state index is 0.232. The first-order chi connectivity index (χ1) is 8.83. The highest BCUT2D eigenvalue weighted by Gasteiger charge is 2.28. The molecule has 1 unspecified atom stereocenters. The van der Waals surface area contributed by atoms with E-state index in [2.05, 4.69) is 10.3 Å². The highest BCUT2D eigenvalue weighted by molar-refractivity contribution is 7.07. The summed E-state index contributed by atoms with van der Waals surface area (Å²) in [7, 11) is 0. The minimum atomic E-state index is -0.943. The number of esters is 1. The largest absolute Gasteiger partial charge is 0.464 e. The lowest BCUT2D eigenvalue weighted by atomic mass is 10.2. The Morgan fingerprint density at radius 1 is 1.47 bits per heavy atom. The molecular formula is C12H18N2O4S. The maximum absolute atomic E-state index is 11.8. The predicted octanol–water partition coefficient (Wildman–Crippen LogP) is 2.27. The van der Waals surface area contributed by atoms with E-state index in [0.717, 1.165) is 0 Å². The molecule has 1 rings (SSSR count). The van der Waals surface area contributed by atoms with Crippen LogP contribution in [-0.4, -0.2) is 29.3 Å². The Hall–Kier alpha value is -1.63. The van der Waals surface area contributed by atoms with Crippen LogP contribution in [0.1, 0.15) is 39.4 Å². The van der Waals surface area contributed by atoms with Gasteiger partial charge in [0.2, 0.25) is 0 Å². The summed E-state index contributed by atoms with van der Waals surface area (Å²) in [6.07, 6.45) is -0.682. The molecule has 0 aromatic carbocycles. The molecule has 0 aliphatic rings. The number of nitrogens with zero attached hydrogens (tertiary/aromatic N) is 1. The standard InChI is InChI=1S/C12H18N2O4S/c1-5-17-10(15)9(8-6-19-7-13-8)14-11(16)18-12(2,3)4/h6-7,9H,5H2,1-4H3,(H,14,16). The topological polar surface area (TPSA) is 77.5 Å². The third-order valence-corrected chi connectivity index (χ3v) is 2.54. The van der Waals surface area contributed by atoms with Gasteiger partial charge in [0.1, 0.15) is 5.60 Å². The zero-order valence-corrected chi connectivity index (χ0v) is 12.2. The fourth-order valence-electron chi connectivity index (χ4n) is 1.27. The Labute approximate surface area is 116 Å². The quantitative estimate of drug-likeness (QED) is 0.859. The molecule has 1 N–H and O–H groups in total. The smallest absolute Gasteiger partial charge is 0.408 e. The van der Waals surface area contributed by atoms with Gasteiger partial charge in [-0.1, -0.05) is 0 Å². The van der Waals surface area contributed by atoms with Crippen LogP contribution >= 0.6 is 11.3 Å². The molecule has 0 bridgehead atoms. The zero-order valence-electron chi connectivity index (χ0n) is 11.4. The molecular weight excluding hydrogens is 268 g/mol. The van der Waals surface area contributed by atoms with E-state index in [1.165, 1.54) is 11.3 Å². The number of aromatic nitrogens is 1. The van der Waals surface area contributed by atoms with Crippen molar-refractivity contribution in [3.63, 3.8) is 0 Å². The number of alkyl carbamates (subject to hydrolysis) is 1.